The number of para-hydroxylation sites is 3. The molecule has 12 rings (SSSR count). The highest BCUT2D eigenvalue weighted by Gasteiger charge is 2.22. The number of hydrogen-bond donors (Lipinski definition) is 0. The standard InChI is InChI=1S/C51H31N5O/c1-4-14-32(15-5-1)49-52-50(33-16-6-2-7-17-33)54-51(53-49)34-24-26-38-41-31-36(25-29-45(41)57-46(38)30-34)56-42-22-12-10-20-37(42)39-27-28-44-47(48(39)56)40-21-11-13-23-43(40)55(44)35-18-8-3-9-19-35/h1-31H/i1D,2D,4D,5D,6D,7D,14D,15D,16D,17D. The van der Waals surface area contributed by atoms with Gasteiger partial charge in [-0.25, -0.2) is 15.0 Å². The van der Waals surface area contributed by atoms with E-state index in [2.05, 4.69) is 96.9 Å². The minimum Gasteiger partial charge on any atom is -0.456 e. The van der Waals surface area contributed by atoms with Crippen LogP contribution in [0.15, 0.2) is 192 Å². The van der Waals surface area contributed by atoms with Crippen molar-refractivity contribution in [1.82, 2.24) is 24.1 Å². The van der Waals surface area contributed by atoms with E-state index in [4.69, 9.17) is 18.1 Å². The lowest BCUT2D eigenvalue weighted by molar-refractivity contribution is 0.669. The molecule has 12 aromatic rings. The third-order valence-corrected chi connectivity index (χ3v) is 10.5. The Kier molecular flexibility index (Phi) is 5.02. The summed E-state index contributed by atoms with van der Waals surface area (Å²) in [5.74, 6) is -0.735. The van der Waals surface area contributed by atoms with Crippen LogP contribution in [0.3, 0.4) is 0 Å². The number of fused-ring (bicyclic) bond motifs is 10. The van der Waals surface area contributed by atoms with Gasteiger partial charge in [-0.05, 0) is 60.7 Å². The van der Waals surface area contributed by atoms with Crippen LogP contribution in [-0.4, -0.2) is 24.1 Å². The average molecular weight is 740 g/mol. The highest BCUT2D eigenvalue weighted by atomic mass is 16.3. The largest absolute Gasteiger partial charge is 0.456 e. The van der Waals surface area contributed by atoms with Crippen molar-refractivity contribution in [2.75, 3.05) is 0 Å². The Hall–Kier alpha value is -7.83. The number of nitrogens with zero attached hydrogens (tertiary/aromatic N) is 5. The summed E-state index contributed by atoms with van der Waals surface area (Å²) in [5.41, 5.74) is 7.03. The Balaban J connectivity index is 1.07. The van der Waals surface area contributed by atoms with E-state index in [1.54, 1.807) is 12.1 Å². The van der Waals surface area contributed by atoms with Gasteiger partial charge in [0.15, 0.2) is 17.5 Å². The molecule has 266 valence electrons. The maximum absolute atomic E-state index is 8.69. The average Bonchev–Trinajstić information content (AvgIpc) is 4.01. The van der Waals surface area contributed by atoms with Gasteiger partial charge in [-0.15, -0.1) is 0 Å². The Labute approximate surface area is 340 Å². The molecule has 8 aromatic carbocycles. The van der Waals surface area contributed by atoms with Crippen LogP contribution < -0.4 is 0 Å². The van der Waals surface area contributed by atoms with Gasteiger partial charge in [-0.3, -0.25) is 0 Å². The Bertz CT molecular complexity index is 3980. The second-order valence-corrected chi connectivity index (χ2v) is 13.7. The van der Waals surface area contributed by atoms with Gasteiger partial charge in [0.1, 0.15) is 11.2 Å². The smallest absolute Gasteiger partial charge is 0.164 e. The molecule has 0 fully saturated rings. The molecule has 0 aliphatic carbocycles. The monoisotopic (exact) mass is 739 g/mol. The van der Waals surface area contributed by atoms with Gasteiger partial charge in [0.2, 0.25) is 0 Å². The zero-order valence-electron chi connectivity index (χ0n) is 39.8. The summed E-state index contributed by atoms with van der Waals surface area (Å²) in [5, 5.41) is 6.08. The Morgan fingerprint density at radius 2 is 1.02 bits per heavy atom. The number of furan rings is 1. The van der Waals surface area contributed by atoms with Gasteiger partial charge < -0.3 is 13.6 Å². The molecule has 6 nitrogen and oxygen atoms in total. The molecule has 0 spiro atoms. The molecule has 0 N–H and O–H groups in total. The second kappa shape index (κ2) is 12.3. The van der Waals surface area contributed by atoms with E-state index in [9.17, 15) is 0 Å². The highest BCUT2D eigenvalue weighted by Crippen LogP contribution is 2.43. The third kappa shape index (κ3) is 4.87. The lowest BCUT2D eigenvalue weighted by Gasteiger charge is -2.10. The topological polar surface area (TPSA) is 61.7 Å². The van der Waals surface area contributed by atoms with Crippen molar-refractivity contribution in [2.24, 2.45) is 0 Å². The molecular formula is C51H31N5O. The molecule has 0 radical (unpaired) electrons. The molecule has 4 aromatic heterocycles. The molecule has 57 heavy (non-hydrogen) atoms. The first-order valence-electron chi connectivity index (χ1n) is 23.3. The van der Waals surface area contributed by atoms with Crippen molar-refractivity contribution in [2.45, 2.75) is 0 Å². The van der Waals surface area contributed by atoms with Crippen LogP contribution in [0.2, 0.25) is 0 Å². The van der Waals surface area contributed by atoms with Crippen LogP contribution in [-0.2, 0) is 0 Å². The zero-order valence-corrected chi connectivity index (χ0v) is 29.8. The number of aromatic nitrogens is 5. The first kappa shape index (κ1) is 23.2. The van der Waals surface area contributed by atoms with Crippen LogP contribution in [0.25, 0.3) is 111 Å². The van der Waals surface area contributed by atoms with Crippen LogP contribution >= 0.6 is 0 Å². The van der Waals surface area contributed by atoms with E-state index in [1.165, 1.54) is 0 Å². The Morgan fingerprint density at radius 1 is 0.404 bits per heavy atom. The molecule has 6 heteroatoms. The Morgan fingerprint density at radius 3 is 1.74 bits per heavy atom. The lowest BCUT2D eigenvalue weighted by Crippen LogP contribution is -2.00. The fourth-order valence-electron chi connectivity index (χ4n) is 8.13. The van der Waals surface area contributed by atoms with E-state index in [1.807, 2.05) is 42.5 Å². The van der Waals surface area contributed by atoms with E-state index < -0.39 is 60.4 Å². The SMILES string of the molecule is [2H]c1c([2H])c([2H])c(-c2nc(-c3ccc4c(c3)oc3ccc(-n5c6ccccc6c6ccc7c(c8ccccc8n7-c7ccccc7)c65)cc34)nc(-c3c([2H])c([2H])c([2H])c([2H])c3[2H])n2)c([2H])c1[2H]. The molecule has 0 bridgehead atoms. The van der Waals surface area contributed by atoms with Gasteiger partial charge in [-0.1, -0.05) is 127 Å². The van der Waals surface area contributed by atoms with Crippen molar-refractivity contribution < 1.29 is 18.1 Å². The maximum atomic E-state index is 8.69. The number of hydrogen-bond acceptors (Lipinski definition) is 4. The van der Waals surface area contributed by atoms with Gasteiger partial charge >= 0.3 is 0 Å². The third-order valence-electron chi connectivity index (χ3n) is 10.5. The second-order valence-electron chi connectivity index (χ2n) is 13.7. The molecule has 0 saturated carbocycles. The number of rotatable bonds is 5. The minimum absolute atomic E-state index is 0.0503. The summed E-state index contributed by atoms with van der Waals surface area (Å²) in [7, 11) is 0. The lowest BCUT2D eigenvalue weighted by atomic mass is 10.1. The summed E-state index contributed by atoms with van der Waals surface area (Å²) in [6, 6.07) is 37.0. The highest BCUT2D eigenvalue weighted by molar-refractivity contribution is 6.26. The normalized spacial score (nSPS) is 14.3. The van der Waals surface area contributed by atoms with Crippen LogP contribution in [0, 0.1) is 0 Å². The molecule has 0 saturated heterocycles. The van der Waals surface area contributed by atoms with Gasteiger partial charge in [-0.2, -0.15) is 0 Å². The van der Waals surface area contributed by atoms with E-state index >= 15 is 0 Å². The van der Waals surface area contributed by atoms with Gasteiger partial charge in [0.25, 0.3) is 0 Å². The predicted octanol–water partition coefficient (Wildman–Crippen LogP) is 13.0. The predicted molar refractivity (Wildman–Crippen MR) is 232 cm³/mol. The van der Waals surface area contributed by atoms with Crippen molar-refractivity contribution in [3.8, 4) is 45.5 Å². The quantitative estimate of drug-likeness (QED) is 0.176. The summed E-state index contributed by atoms with van der Waals surface area (Å²) < 4.78 is 95.5. The molecule has 0 amide bonds. The van der Waals surface area contributed by atoms with Gasteiger partial charge in [0.05, 0.1) is 35.8 Å². The first-order chi connectivity index (χ1) is 32.4. The summed E-state index contributed by atoms with van der Waals surface area (Å²) in [6.07, 6.45) is 0. The molecule has 0 aliphatic rings. The summed E-state index contributed by atoms with van der Waals surface area (Å²) in [6.45, 7) is 0. The first-order valence-corrected chi connectivity index (χ1v) is 18.3. The van der Waals surface area contributed by atoms with Crippen LogP contribution in [0.5, 0.6) is 0 Å². The molecule has 0 atom stereocenters. The molecule has 0 aliphatic heterocycles. The number of benzene rings is 8. The van der Waals surface area contributed by atoms with Crippen molar-refractivity contribution in [3.63, 3.8) is 0 Å². The van der Waals surface area contributed by atoms with Crippen molar-refractivity contribution in [3.05, 3.63) is 188 Å². The maximum Gasteiger partial charge on any atom is 0.164 e. The van der Waals surface area contributed by atoms with E-state index in [0.29, 0.717) is 16.7 Å². The van der Waals surface area contributed by atoms with Crippen molar-refractivity contribution >= 4 is 65.6 Å². The molecular weight excluding hydrogens is 699 g/mol. The summed E-state index contributed by atoms with van der Waals surface area (Å²) in [4.78, 5) is 13.6. The fourth-order valence-corrected chi connectivity index (χ4v) is 8.13. The minimum atomic E-state index is -0.616. The summed E-state index contributed by atoms with van der Waals surface area (Å²) >= 11 is 0. The molecule has 0 unspecified atom stereocenters. The fraction of sp³-hybridized carbons (Fsp3) is 0. The van der Waals surface area contributed by atoms with Crippen LogP contribution in [0.1, 0.15) is 13.7 Å². The van der Waals surface area contributed by atoms with Crippen LogP contribution in [0.4, 0.5) is 0 Å². The van der Waals surface area contributed by atoms with E-state index in [-0.39, 0.29) is 28.6 Å². The van der Waals surface area contributed by atoms with E-state index in [0.717, 1.165) is 65.8 Å². The molecule has 4 heterocycles. The zero-order chi connectivity index (χ0) is 46.2. The van der Waals surface area contributed by atoms with Crippen molar-refractivity contribution in [1.29, 1.82) is 0 Å². The van der Waals surface area contributed by atoms with Gasteiger partial charge in [0, 0.05) is 60.4 Å².